The maximum absolute atomic E-state index is 13.6. The number of para-hydroxylation sites is 1. The minimum atomic E-state index is -5.04. The molecule has 8 nitrogen and oxygen atoms in total. The van der Waals surface area contributed by atoms with Crippen molar-refractivity contribution in [1.82, 2.24) is 0 Å². The van der Waals surface area contributed by atoms with Gasteiger partial charge in [-0.05, 0) is 47.5 Å². The summed E-state index contributed by atoms with van der Waals surface area (Å²) in [6.07, 6.45) is -6.54. The van der Waals surface area contributed by atoms with Crippen LogP contribution in [0.2, 0.25) is 0 Å². The van der Waals surface area contributed by atoms with Crippen LogP contribution in [0.5, 0.6) is 0 Å². The summed E-state index contributed by atoms with van der Waals surface area (Å²) >= 11 is 0. The fraction of sp³-hybridized carbons (Fsp3) is 0.0870. The molecule has 3 N–H and O–H groups in total. The molecule has 3 aromatic rings. The van der Waals surface area contributed by atoms with Gasteiger partial charge in [-0.2, -0.15) is 0 Å². The molecule has 0 saturated heterocycles. The summed E-state index contributed by atoms with van der Waals surface area (Å²) in [5.74, 6) is -0.581. The summed E-state index contributed by atoms with van der Waals surface area (Å²) in [4.78, 5) is 35.2. The molecule has 0 saturated carbocycles. The molecule has 0 aliphatic rings. The lowest BCUT2D eigenvalue weighted by atomic mass is 10.0. The minimum absolute atomic E-state index is 0.169. The number of amides is 3. The fourth-order valence-electron chi connectivity index (χ4n) is 3.12. The zero-order valence-electron chi connectivity index (χ0n) is 17.6. The lowest BCUT2D eigenvalue weighted by Crippen LogP contribution is -2.45. The van der Waals surface area contributed by atoms with E-state index in [0.717, 1.165) is 12.1 Å². The Balaban J connectivity index is 1.98. The second-order valence-corrected chi connectivity index (χ2v) is 6.83. The van der Waals surface area contributed by atoms with Gasteiger partial charge in [0.05, 0.1) is 29.7 Å². The average molecular weight is 473 g/mol. The van der Waals surface area contributed by atoms with Crippen LogP contribution in [0.3, 0.4) is 0 Å². The third-order valence-corrected chi connectivity index (χ3v) is 4.59. The van der Waals surface area contributed by atoms with E-state index in [2.05, 4.69) is 15.4 Å². The molecule has 0 aliphatic carbocycles. The number of nitrogens with zero attached hydrogens (tertiary/aromatic N) is 1. The number of hydrogen-bond acceptors (Lipinski definition) is 4. The van der Waals surface area contributed by atoms with Crippen LogP contribution in [-0.2, 0) is 4.74 Å². The molecule has 0 heterocycles. The van der Waals surface area contributed by atoms with Crippen molar-refractivity contribution < 1.29 is 37.4 Å². The summed E-state index contributed by atoms with van der Waals surface area (Å²) in [5.41, 5.74) is 0.395. The van der Waals surface area contributed by atoms with Crippen LogP contribution in [0, 0.1) is 0 Å². The third-order valence-electron chi connectivity index (χ3n) is 4.59. The molecule has 3 rings (SSSR count). The van der Waals surface area contributed by atoms with Crippen LogP contribution in [-0.4, -0.2) is 36.6 Å². The molecule has 3 amide bonds. The number of halogens is 3. The van der Waals surface area contributed by atoms with Gasteiger partial charge in [0, 0.05) is 0 Å². The molecule has 34 heavy (non-hydrogen) atoms. The van der Waals surface area contributed by atoms with Crippen LogP contribution >= 0.6 is 0 Å². The van der Waals surface area contributed by atoms with Crippen LogP contribution in [0.15, 0.2) is 72.8 Å². The predicted molar refractivity (Wildman–Crippen MR) is 119 cm³/mol. The summed E-state index contributed by atoms with van der Waals surface area (Å²) in [7, 11) is 1.22. The van der Waals surface area contributed by atoms with E-state index in [1.54, 1.807) is 12.1 Å². The maximum Gasteiger partial charge on any atom is 0.493 e. The van der Waals surface area contributed by atoms with Crippen molar-refractivity contribution in [1.29, 1.82) is 0 Å². The summed E-state index contributed by atoms with van der Waals surface area (Å²) in [6.45, 7) is 0. The Hall–Kier alpha value is -4.54. The Morgan fingerprint density at radius 1 is 0.853 bits per heavy atom. The lowest BCUT2D eigenvalue weighted by molar-refractivity contribution is -0.120. The van der Waals surface area contributed by atoms with E-state index >= 15 is 0 Å². The summed E-state index contributed by atoms with van der Waals surface area (Å²) in [6, 6.07) is 15.2. The molecule has 11 heteroatoms. The summed E-state index contributed by atoms with van der Waals surface area (Å²) < 4.78 is 45.5. The van der Waals surface area contributed by atoms with Crippen molar-refractivity contribution in [3.05, 3.63) is 78.4 Å². The number of anilines is 3. The highest BCUT2D eigenvalue weighted by Gasteiger charge is 2.42. The molecule has 0 aromatic heterocycles. The molecule has 0 fully saturated rings. The minimum Gasteiger partial charge on any atom is -0.465 e. The number of methoxy groups -OCH3 is 1. The lowest BCUT2D eigenvalue weighted by Gasteiger charge is -2.25. The zero-order valence-corrected chi connectivity index (χ0v) is 17.6. The Bertz CT molecular complexity index is 1220. The van der Waals surface area contributed by atoms with Crippen LogP contribution in [0.25, 0.3) is 11.1 Å². The molecule has 0 bridgehead atoms. The molecular formula is C23H18F3N3O5. The van der Waals surface area contributed by atoms with Gasteiger partial charge < -0.3 is 15.2 Å². The van der Waals surface area contributed by atoms with E-state index in [-0.39, 0.29) is 16.9 Å². The largest absolute Gasteiger partial charge is 0.493 e. The van der Waals surface area contributed by atoms with Gasteiger partial charge >= 0.3 is 24.4 Å². The van der Waals surface area contributed by atoms with E-state index in [9.17, 15) is 32.7 Å². The first-order chi connectivity index (χ1) is 16.1. The molecule has 0 aliphatic heterocycles. The van der Waals surface area contributed by atoms with Crippen molar-refractivity contribution in [3.8, 4) is 11.1 Å². The number of carboxylic acid groups (broad SMARTS) is 1. The normalized spacial score (nSPS) is 10.8. The van der Waals surface area contributed by atoms with Gasteiger partial charge in [-0.25, -0.2) is 19.3 Å². The van der Waals surface area contributed by atoms with Crippen LogP contribution in [0.1, 0.15) is 10.4 Å². The molecule has 0 unspecified atom stereocenters. The number of carbonyl (C=O) groups is 3. The van der Waals surface area contributed by atoms with Crippen molar-refractivity contribution in [3.63, 3.8) is 0 Å². The quantitative estimate of drug-likeness (QED) is 0.321. The first kappa shape index (κ1) is 24.1. The van der Waals surface area contributed by atoms with Crippen LogP contribution < -0.4 is 15.5 Å². The zero-order chi connectivity index (χ0) is 24.9. The topological polar surface area (TPSA) is 108 Å². The van der Waals surface area contributed by atoms with Gasteiger partial charge in [0.2, 0.25) is 0 Å². The SMILES string of the molecule is COC(=O)c1cccc(-c2ccc(NC(=O)N(c3ccccc3)C(F)(F)F)c(NC(=O)O)c2)c1. The number of rotatable bonds is 5. The van der Waals surface area contributed by atoms with E-state index in [0.29, 0.717) is 11.1 Å². The number of urea groups is 1. The van der Waals surface area contributed by atoms with Gasteiger partial charge in [-0.15, -0.1) is 13.2 Å². The number of benzene rings is 3. The molecule has 0 radical (unpaired) electrons. The highest BCUT2D eigenvalue weighted by Crippen LogP contribution is 2.33. The van der Waals surface area contributed by atoms with Gasteiger partial charge in [0.15, 0.2) is 0 Å². The first-order valence-electron chi connectivity index (χ1n) is 9.66. The first-order valence-corrected chi connectivity index (χ1v) is 9.66. The third kappa shape index (κ3) is 5.63. The maximum atomic E-state index is 13.6. The number of ether oxygens (including phenoxy) is 1. The van der Waals surface area contributed by atoms with Gasteiger partial charge in [-0.3, -0.25) is 5.32 Å². The highest BCUT2D eigenvalue weighted by atomic mass is 19.4. The number of nitrogens with one attached hydrogen (secondary N) is 2. The molecule has 0 spiro atoms. The van der Waals surface area contributed by atoms with E-state index in [1.807, 2.05) is 0 Å². The standard InChI is InChI=1S/C23H18F3N3O5/c1-34-20(30)16-7-5-6-14(12-16)15-10-11-18(19(13-15)28-22(32)33)27-21(31)29(23(24,25)26)17-8-3-2-4-9-17/h2-13,28H,1H3,(H,27,31)(H,32,33). The highest BCUT2D eigenvalue weighted by molar-refractivity contribution is 6.05. The second-order valence-electron chi connectivity index (χ2n) is 6.83. The second kappa shape index (κ2) is 9.94. The molecule has 176 valence electrons. The van der Waals surface area contributed by atoms with Crippen molar-refractivity contribution in [2.24, 2.45) is 0 Å². The number of esters is 1. The van der Waals surface area contributed by atoms with E-state index < -0.39 is 35.0 Å². The van der Waals surface area contributed by atoms with E-state index in [1.165, 1.54) is 55.6 Å². The monoisotopic (exact) mass is 473 g/mol. The van der Waals surface area contributed by atoms with Crippen molar-refractivity contribution >= 4 is 35.2 Å². The van der Waals surface area contributed by atoms with Gasteiger partial charge in [-0.1, -0.05) is 36.4 Å². The Morgan fingerprint density at radius 3 is 2.15 bits per heavy atom. The molecule has 3 aromatic carbocycles. The smallest absolute Gasteiger partial charge is 0.465 e. The Labute approximate surface area is 191 Å². The fourth-order valence-corrected chi connectivity index (χ4v) is 3.12. The Kier molecular flexibility index (Phi) is 7.05. The van der Waals surface area contributed by atoms with E-state index in [4.69, 9.17) is 0 Å². The number of alkyl halides is 3. The van der Waals surface area contributed by atoms with Crippen LogP contribution in [0.4, 0.5) is 39.8 Å². The predicted octanol–water partition coefficient (Wildman–Crippen LogP) is 5.79. The molecule has 0 atom stereocenters. The van der Waals surface area contributed by atoms with Gasteiger partial charge in [0.1, 0.15) is 0 Å². The Morgan fingerprint density at radius 2 is 1.53 bits per heavy atom. The number of hydrogen-bond donors (Lipinski definition) is 3. The molecular weight excluding hydrogens is 455 g/mol. The average Bonchev–Trinajstić information content (AvgIpc) is 2.79. The van der Waals surface area contributed by atoms with Gasteiger partial charge in [0.25, 0.3) is 0 Å². The van der Waals surface area contributed by atoms with Crippen molar-refractivity contribution in [2.45, 2.75) is 6.30 Å². The summed E-state index contributed by atoms with van der Waals surface area (Å²) in [5, 5.41) is 13.3. The number of carbonyl (C=O) groups excluding carboxylic acids is 2. The van der Waals surface area contributed by atoms with Crippen molar-refractivity contribution in [2.75, 3.05) is 22.6 Å².